The van der Waals surface area contributed by atoms with Crippen LogP contribution in [0.5, 0.6) is 0 Å². The van der Waals surface area contributed by atoms with Crippen molar-refractivity contribution in [2.24, 2.45) is 0 Å². The third-order valence-corrected chi connectivity index (χ3v) is 10.3. The summed E-state index contributed by atoms with van der Waals surface area (Å²) in [6.45, 7) is 16.0. The van der Waals surface area contributed by atoms with Crippen molar-refractivity contribution >= 4 is 8.32 Å². The highest BCUT2D eigenvalue weighted by Gasteiger charge is 2.37. The second-order valence-electron chi connectivity index (χ2n) is 8.60. The molecular formula is C18H40N2O3Si. The van der Waals surface area contributed by atoms with Gasteiger partial charge < -0.3 is 20.0 Å². The van der Waals surface area contributed by atoms with E-state index in [4.69, 9.17) is 9.53 Å². The first-order valence-corrected chi connectivity index (χ1v) is 12.4. The molecule has 0 unspecified atom stereocenters. The smallest absolute Gasteiger partial charge is 0.192 e. The molecule has 2 rings (SSSR count). The first-order chi connectivity index (χ1) is 11.2. The highest BCUT2D eigenvalue weighted by atomic mass is 28.4. The van der Waals surface area contributed by atoms with E-state index < -0.39 is 8.32 Å². The highest BCUT2D eigenvalue weighted by Crippen LogP contribution is 2.36. The summed E-state index contributed by atoms with van der Waals surface area (Å²) in [4.78, 5) is 2.37. The topological polar surface area (TPSA) is 65.0 Å². The van der Waals surface area contributed by atoms with Gasteiger partial charge in [-0.2, -0.15) is 0 Å². The van der Waals surface area contributed by atoms with Gasteiger partial charge in [0.15, 0.2) is 8.32 Å². The molecule has 0 aromatic rings. The van der Waals surface area contributed by atoms with Gasteiger partial charge in [0, 0.05) is 25.2 Å². The fourth-order valence-corrected chi connectivity index (χ4v) is 3.98. The van der Waals surface area contributed by atoms with E-state index in [1.165, 1.54) is 12.8 Å². The van der Waals surface area contributed by atoms with E-state index in [2.05, 4.69) is 44.1 Å². The quantitative estimate of drug-likeness (QED) is 0.634. The van der Waals surface area contributed by atoms with Gasteiger partial charge in [-0.3, -0.25) is 4.90 Å². The van der Waals surface area contributed by atoms with Crippen molar-refractivity contribution in [3.63, 3.8) is 0 Å². The molecule has 2 heterocycles. The Labute approximate surface area is 149 Å². The van der Waals surface area contributed by atoms with Crippen molar-refractivity contribution in [1.29, 1.82) is 0 Å². The molecule has 5 nitrogen and oxygen atoms in total. The average molecular weight is 361 g/mol. The summed E-state index contributed by atoms with van der Waals surface area (Å²) in [5.41, 5.74) is 0. The van der Waals surface area contributed by atoms with Crippen LogP contribution in [0.25, 0.3) is 0 Å². The van der Waals surface area contributed by atoms with Crippen LogP contribution in [0, 0.1) is 0 Å². The van der Waals surface area contributed by atoms with Crippen LogP contribution in [0.15, 0.2) is 0 Å². The zero-order chi connectivity index (χ0) is 18.2. The van der Waals surface area contributed by atoms with Gasteiger partial charge in [0.1, 0.15) is 0 Å². The monoisotopic (exact) mass is 360 g/mol. The lowest BCUT2D eigenvalue weighted by Crippen LogP contribution is -2.43. The Morgan fingerprint density at radius 3 is 2.29 bits per heavy atom. The van der Waals surface area contributed by atoms with Gasteiger partial charge in [-0.1, -0.05) is 20.8 Å². The maximum absolute atomic E-state index is 9.25. The minimum absolute atomic E-state index is 0.286. The third-order valence-electron chi connectivity index (χ3n) is 5.74. The van der Waals surface area contributed by atoms with Crippen LogP contribution < -0.4 is 5.32 Å². The summed E-state index contributed by atoms with van der Waals surface area (Å²) in [6, 6.07) is 0.776. The number of nitrogens with one attached hydrogen (secondary N) is 1. The van der Waals surface area contributed by atoms with Crippen molar-refractivity contribution in [2.75, 3.05) is 39.5 Å². The maximum atomic E-state index is 9.25. The lowest BCUT2D eigenvalue weighted by molar-refractivity contribution is 0.136. The molecule has 3 N–H and O–H groups in total. The van der Waals surface area contributed by atoms with Gasteiger partial charge >= 0.3 is 0 Å². The Morgan fingerprint density at radius 1 is 1.12 bits per heavy atom. The van der Waals surface area contributed by atoms with Gasteiger partial charge in [-0.15, -0.1) is 0 Å². The summed E-state index contributed by atoms with van der Waals surface area (Å²) in [7, 11) is -1.60. The molecule has 0 spiro atoms. The second-order valence-corrected chi connectivity index (χ2v) is 13.4. The Kier molecular flexibility index (Phi) is 9.41. The summed E-state index contributed by atoms with van der Waals surface area (Å²) in [5.74, 6) is 0. The normalized spacial score (nSPS) is 25.6. The van der Waals surface area contributed by atoms with E-state index in [0.29, 0.717) is 25.3 Å². The lowest BCUT2D eigenvalue weighted by atomic mass is 10.2. The summed E-state index contributed by atoms with van der Waals surface area (Å²) in [6.07, 6.45) is 4.73. The fraction of sp³-hybridized carbons (Fsp3) is 1.00. The zero-order valence-corrected chi connectivity index (χ0v) is 17.5. The minimum atomic E-state index is -1.60. The Balaban J connectivity index is 0.000000341. The molecule has 24 heavy (non-hydrogen) atoms. The molecular weight excluding hydrogens is 320 g/mol. The van der Waals surface area contributed by atoms with Gasteiger partial charge in [-0.05, 0) is 56.9 Å². The average Bonchev–Trinajstić information content (AvgIpc) is 3.17. The number of nitrogens with zero attached hydrogens (tertiary/aromatic N) is 1. The molecule has 0 radical (unpaired) electrons. The summed E-state index contributed by atoms with van der Waals surface area (Å²) >= 11 is 0. The van der Waals surface area contributed by atoms with E-state index in [1.807, 2.05) is 0 Å². The molecule has 6 heteroatoms. The van der Waals surface area contributed by atoms with Crippen molar-refractivity contribution in [3.05, 3.63) is 0 Å². The van der Waals surface area contributed by atoms with Crippen LogP contribution in [-0.4, -0.2) is 75.0 Å². The standard InChI is InChI=1S/C13H29NO2Si.C5H11NO/c1-13(2,3)17(4,5)16-10-9-14-8-6-7-12(14)11-15;7-4-5-2-1-3-6-5/h12,15H,6-11H2,1-5H3;5-7H,1-4H2/t12-;5-/m11/s1. The zero-order valence-electron chi connectivity index (χ0n) is 16.5. The van der Waals surface area contributed by atoms with Gasteiger partial charge in [-0.25, -0.2) is 0 Å². The van der Waals surface area contributed by atoms with E-state index in [-0.39, 0.29) is 5.04 Å². The predicted octanol–water partition coefficient (Wildman–Crippen LogP) is 2.20. The minimum Gasteiger partial charge on any atom is -0.416 e. The molecule has 2 aliphatic heterocycles. The third kappa shape index (κ3) is 7.10. The van der Waals surface area contributed by atoms with Gasteiger partial charge in [0.2, 0.25) is 0 Å². The molecule has 0 amide bonds. The van der Waals surface area contributed by atoms with Crippen LogP contribution in [0.2, 0.25) is 18.1 Å². The largest absolute Gasteiger partial charge is 0.416 e. The van der Waals surface area contributed by atoms with Gasteiger partial charge in [0.05, 0.1) is 13.2 Å². The second kappa shape index (κ2) is 10.2. The number of hydrogen-bond acceptors (Lipinski definition) is 5. The van der Waals surface area contributed by atoms with E-state index in [9.17, 15) is 5.11 Å². The van der Waals surface area contributed by atoms with Gasteiger partial charge in [0.25, 0.3) is 0 Å². The van der Waals surface area contributed by atoms with Crippen LogP contribution in [-0.2, 0) is 4.43 Å². The summed E-state index contributed by atoms with van der Waals surface area (Å²) in [5, 5.41) is 21.2. The molecule has 0 bridgehead atoms. The first kappa shape index (κ1) is 22.1. The predicted molar refractivity (Wildman–Crippen MR) is 103 cm³/mol. The van der Waals surface area contributed by atoms with Crippen molar-refractivity contribution in [1.82, 2.24) is 10.2 Å². The molecule has 0 aromatic heterocycles. The van der Waals surface area contributed by atoms with Crippen LogP contribution >= 0.6 is 0 Å². The number of likely N-dealkylation sites (tertiary alicyclic amines) is 1. The molecule has 2 atom stereocenters. The maximum Gasteiger partial charge on any atom is 0.192 e. The first-order valence-electron chi connectivity index (χ1n) is 9.54. The van der Waals surface area contributed by atoms with E-state index in [0.717, 1.165) is 39.1 Å². The molecule has 0 saturated carbocycles. The number of aliphatic hydroxyl groups is 2. The van der Waals surface area contributed by atoms with Crippen molar-refractivity contribution < 1.29 is 14.6 Å². The lowest BCUT2D eigenvalue weighted by Gasteiger charge is -2.37. The Morgan fingerprint density at radius 2 is 1.83 bits per heavy atom. The highest BCUT2D eigenvalue weighted by molar-refractivity contribution is 6.74. The molecule has 2 saturated heterocycles. The summed E-state index contributed by atoms with van der Waals surface area (Å²) < 4.78 is 6.16. The SMILES string of the molecule is CC(C)(C)[Si](C)(C)OCCN1CCC[C@@H]1CO.OC[C@H]1CCCN1. The Bertz CT molecular complexity index is 342. The number of hydrogen-bond donors (Lipinski definition) is 3. The molecule has 2 fully saturated rings. The van der Waals surface area contributed by atoms with E-state index >= 15 is 0 Å². The molecule has 144 valence electrons. The van der Waals surface area contributed by atoms with Crippen LogP contribution in [0.1, 0.15) is 46.5 Å². The number of rotatable bonds is 6. The van der Waals surface area contributed by atoms with Crippen molar-refractivity contribution in [3.8, 4) is 0 Å². The molecule has 2 aliphatic rings. The van der Waals surface area contributed by atoms with Crippen LogP contribution in [0.4, 0.5) is 0 Å². The fourth-order valence-electron chi connectivity index (χ4n) is 2.94. The number of aliphatic hydroxyl groups excluding tert-OH is 2. The van der Waals surface area contributed by atoms with Crippen molar-refractivity contribution in [2.45, 2.75) is 76.7 Å². The molecule has 0 aromatic carbocycles. The molecule has 0 aliphatic carbocycles. The Hall–Kier alpha value is 0.0169. The van der Waals surface area contributed by atoms with E-state index in [1.54, 1.807) is 0 Å². The van der Waals surface area contributed by atoms with Crippen LogP contribution in [0.3, 0.4) is 0 Å².